The van der Waals surface area contributed by atoms with Crippen molar-refractivity contribution in [2.45, 2.75) is 64.6 Å². The predicted octanol–water partition coefficient (Wildman–Crippen LogP) is 3.55. The average Bonchev–Trinajstić information content (AvgIpc) is 2.60. The molecule has 144 valence electrons. The molecule has 0 saturated heterocycles. The van der Waals surface area contributed by atoms with Crippen molar-refractivity contribution in [3.8, 4) is 0 Å². The molecular weight excluding hydrogens is 330 g/mol. The molecule has 0 unspecified atom stereocenters. The van der Waals surface area contributed by atoms with E-state index in [4.69, 9.17) is 15.2 Å². The van der Waals surface area contributed by atoms with E-state index in [9.17, 15) is 9.59 Å². The molecule has 5 heteroatoms. The van der Waals surface area contributed by atoms with Crippen molar-refractivity contribution in [2.24, 2.45) is 17.6 Å². The number of carbonyl (C=O) groups excluding carboxylic acids is 2. The topological polar surface area (TPSA) is 78.6 Å². The van der Waals surface area contributed by atoms with Crippen LogP contribution in [0.5, 0.6) is 0 Å². The Labute approximate surface area is 156 Å². The number of methoxy groups -OCH3 is 1. The van der Waals surface area contributed by atoms with Gasteiger partial charge in [0.2, 0.25) is 5.91 Å². The first-order valence-corrected chi connectivity index (χ1v) is 9.44. The van der Waals surface area contributed by atoms with Gasteiger partial charge in [0.05, 0.1) is 19.8 Å². The largest absolute Gasteiger partial charge is 0.469 e. The van der Waals surface area contributed by atoms with Gasteiger partial charge in [-0.3, -0.25) is 9.59 Å². The van der Waals surface area contributed by atoms with Crippen LogP contribution in [-0.4, -0.2) is 25.1 Å². The van der Waals surface area contributed by atoms with Crippen LogP contribution >= 0.6 is 0 Å². The van der Waals surface area contributed by atoms with Crippen molar-refractivity contribution in [3.05, 3.63) is 35.4 Å². The molecule has 0 spiro atoms. The van der Waals surface area contributed by atoms with E-state index >= 15 is 0 Å². The molecule has 2 atom stereocenters. The third kappa shape index (κ3) is 6.13. The molecule has 2 N–H and O–H groups in total. The zero-order valence-electron chi connectivity index (χ0n) is 16.1. The van der Waals surface area contributed by atoms with Crippen molar-refractivity contribution < 1.29 is 19.1 Å². The Balaban J connectivity index is 1.73. The molecule has 0 radical (unpaired) electrons. The molecule has 1 amide bonds. The second-order valence-electron chi connectivity index (χ2n) is 7.55. The SMILES string of the molecule is COC(=O)CC1CC(c2ccc(CO[C@H](C)[C@@H](C)CCC(N)=O)cc2)C1. The van der Waals surface area contributed by atoms with E-state index in [2.05, 4.69) is 31.2 Å². The average molecular weight is 361 g/mol. The summed E-state index contributed by atoms with van der Waals surface area (Å²) in [4.78, 5) is 22.2. The fourth-order valence-corrected chi connectivity index (χ4v) is 3.38. The monoisotopic (exact) mass is 361 g/mol. The maximum absolute atomic E-state index is 11.3. The van der Waals surface area contributed by atoms with Crippen molar-refractivity contribution in [1.82, 2.24) is 0 Å². The van der Waals surface area contributed by atoms with Gasteiger partial charge < -0.3 is 15.2 Å². The number of nitrogens with two attached hydrogens (primary N) is 1. The zero-order valence-corrected chi connectivity index (χ0v) is 16.1. The maximum atomic E-state index is 11.3. The first-order chi connectivity index (χ1) is 12.4. The van der Waals surface area contributed by atoms with E-state index in [0.29, 0.717) is 37.2 Å². The van der Waals surface area contributed by atoms with Gasteiger partial charge in [0.25, 0.3) is 0 Å². The van der Waals surface area contributed by atoms with E-state index in [0.717, 1.165) is 24.8 Å². The summed E-state index contributed by atoms with van der Waals surface area (Å²) >= 11 is 0. The van der Waals surface area contributed by atoms with E-state index < -0.39 is 0 Å². The Morgan fingerprint density at radius 1 is 1.19 bits per heavy atom. The lowest BCUT2D eigenvalue weighted by molar-refractivity contribution is -0.142. The normalized spacial score (nSPS) is 21.5. The Hall–Kier alpha value is -1.88. The smallest absolute Gasteiger partial charge is 0.305 e. The summed E-state index contributed by atoms with van der Waals surface area (Å²) in [5, 5.41) is 0. The highest BCUT2D eigenvalue weighted by molar-refractivity contribution is 5.73. The van der Waals surface area contributed by atoms with Crippen molar-refractivity contribution in [3.63, 3.8) is 0 Å². The van der Waals surface area contributed by atoms with Crippen molar-refractivity contribution in [1.29, 1.82) is 0 Å². The molecule has 0 aromatic heterocycles. The molecular formula is C21H31NO4. The van der Waals surface area contributed by atoms with Gasteiger partial charge in [-0.25, -0.2) is 0 Å². The number of esters is 1. The van der Waals surface area contributed by atoms with Gasteiger partial charge in [-0.15, -0.1) is 0 Å². The van der Waals surface area contributed by atoms with Gasteiger partial charge >= 0.3 is 5.97 Å². The molecule has 2 rings (SSSR count). The van der Waals surface area contributed by atoms with Crippen LogP contribution in [0.3, 0.4) is 0 Å². The lowest BCUT2D eigenvalue weighted by Gasteiger charge is -2.35. The maximum Gasteiger partial charge on any atom is 0.305 e. The first-order valence-electron chi connectivity index (χ1n) is 9.44. The Bertz CT molecular complexity index is 593. The minimum absolute atomic E-state index is 0.0831. The number of hydrogen-bond donors (Lipinski definition) is 1. The highest BCUT2D eigenvalue weighted by Gasteiger charge is 2.31. The summed E-state index contributed by atoms with van der Waals surface area (Å²) in [7, 11) is 1.44. The van der Waals surface area contributed by atoms with Gasteiger partial charge in [-0.2, -0.15) is 0 Å². The lowest BCUT2D eigenvalue weighted by atomic mass is 9.70. The van der Waals surface area contributed by atoms with Crippen LogP contribution < -0.4 is 5.73 Å². The summed E-state index contributed by atoms with van der Waals surface area (Å²) in [6.45, 7) is 4.69. The molecule has 0 aliphatic heterocycles. The summed E-state index contributed by atoms with van der Waals surface area (Å²) in [5.41, 5.74) is 7.67. The molecule has 26 heavy (non-hydrogen) atoms. The number of amides is 1. The van der Waals surface area contributed by atoms with Gasteiger partial charge in [-0.1, -0.05) is 31.2 Å². The highest BCUT2D eigenvalue weighted by Crippen LogP contribution is 2.43. The van der Waals surface area contributed by atoms with Crippen molar-refractivity contribution >= 4 is 11.9 Å². The van der Waals surface area contributed by atoms with Crippen molar-refractivity contribution in [2.75, 3.05) is 7.11 Å². The number of rotatable bonds is 10. The molecule has 1 aromatic rings. The molecule has 1 aliphatic rings. The molecule has 1 aliphatic carbocycles. The van der Waals surface area contributed by atoms with Gasteiger partial charge in [-0.05, 0) is 55.1 Å². The van der Waals surface area contributed by atoms with E-state index in [1.165, 1.54) is 12.7 Å². The van der Waals surface area contributed by atoms with Crippen LogP contribution in [0.2, 0.25) is 0 Å². The minimum atomic E-state index is -0.260. The molecule has 0 heterocycles. The van der Waals surface area contributed by atoms with Crippen LogP contribution in [0, 0.1) is 11.8 Å². The van der Waals surface area contributed by atoms with Crippen LogP contribution in [0.25, 0.3) is 0 Å². The molecule has 1 aromatic carbocycles. The fourth-order valence-electron chi connectivity index (χ4n) is 3.38. The Morgan fingerprint density at radius 2 is 1.85 bits per heavy atom. The van der Waals surface area contributed by atoms with Crippen LogP contribution in [-0.2, 0) is 25.7 Å². The molecule has 1 saturated carbocycles. The van der Waals surface area contributed by atoms with Gasteiger partial charge in [0.1, 0.15) is 0 Å². The fraction of sp³-hybridized carbons (Fsp3) is 0.619. The number of ether oxygens (including phenoxy) is 2. The van der Waals surface area contributed by atoms with E-state index in [1.54, 1.807) is 0 Å². The van der Waals surface area contributed by atoms with Gasteiger partial charge in [0.15, 0.2) is 0 Å². The number of carbonyl (C=O) groups is 2. The Morgan fingerprint density at radius 3 is 2.42 bits per heavy atom. The quantitative estimate of drug-likeness (QED) is 0.646. The number of benzene rings is 1. The number of hydrogen-bond acceptors (Lipinski definition) is 4. The Kier molecular flexibility index (Phi) is 7.64. The molecule has 1 fully saturated rings. The lowest BCUT2D eigenvalue weighted by Crippen LogP contribution is -2.24. The van der Waals surface area contributed by atoms with E-state index in [-0.39, 0.29) is 18.0 Å². The standard InChI is InChI=1S/C21H31NO4/c1-14(4-9-20(22)23)15(2)26-13-16-5-7-18(8-6-16)19-10-17(11-19)12-21(24)25-3/h5-8,14-15,17,19H,4,9-13H2,1-3H3,(H2,22,23)/t14-,15+,17?,19?/m0/s1. The highest BCUT2D eigenvalue weighted by atomic mass is 16.5. The van der Waals surface area contributed by atoms with Crippen LogP contribution in [0.15, 0.2) is 24.3 Å². The second kappa shape index (κ2) is 9.72. The van der Waals surface area contributed by atoms with E-state index in [1.807, 2.05) is 6.92 Å². The summed E-state index contributed by atoms with van der Waals surface area (Å²) in [5.74, 6) is 0.929. The third-order valence-corrected chi connectivity index (χ3v) is 5.53. The summed E-state index contributed by atoms with van der Waals surface area (Å²) < 4.78 is 10.7. The molecule has 0 bridgehead atoms. The second-order valence-corrected chi connectivity index (χ2v) is 7.55. The summed E-state index contributed by atoms with van der Waals surface area (Å²) in [6, 6.07) is 8.56. The number of primary amides is 1. The minimum Gasteiger partial charge on any atom is -0.469 e. The van der Waals surface area contributed by atoms with Gasteiger partial charge in [0, 0.05) is 12.8 Å². The third-order valence-electron chi connectivity index (χ3n) is 5.53. The predicted molar refractivity (Wildman–Crippen MR) is 100 cm³/mol. The molecule has 5 nitrogen and oxygen atoms in total. The van der Waals surface area contributed by atoms with Crippen LogP contribution in [0.1, 0.15) is 63.0 Å². The first kappa shape index (κ1) is 20.4. The summed E-state index contributed by atoms with van der Waals surface area (Å²) in [6.07, 6.45) is 3.88. The van der Waals surface area contributed by atoms with Crippen LogP contribution in [0.4, 0.5) is 0 Å². The zero-order chi connectivity index (χ0) is 19.1.